The van der Waals surface area contributed by atoms with Crippen molar-refractivity contribution in [1.82, 2.24) is 10.2 Å². The highest BCUT2D eigenvalue weighted by Gasteiger charge is 2.23. The summed E-state index contributed by atoms with van der Waals surface area (Å²) in [5.41, 5.74) is 0.888. The van der Waals surface area contributed by atoms with Crippen molar-refractivity contribution in [3.8, 4) is 0 Å². The van der Waals surface area contributed by atoms with Gasteiger partial charge >= 0.3 is 6.01 Å². The molecule has 0 aliphatic carbocycles. The van der Waals surface area contributed by atoms with E-state index in [1.807, 2.05) is 25.1 Å². The van der Waals surface area contributed by atoms with Crippen molar-refractivity contribution in [2.24, 2.45) is 0 Å². The Morgan fingerprint density at radius 3 is 2.71 bits per heavy atom. The quantitative estimate of drug-likeness (QED) is 0.767. The smallest absolute Gasteiger partial charge is 0.315 e. The lowest BCUT2D eigenvalue weighted by Gasteiger charge is -2.09. The standard InChI is InChI=1S/C15H17N3O3/c1-9-4-5-12-10(6-9)7-11(20-12)8-16-14-18-17-13(21-14)15(2,3)19/h4-7,19H,8H2,1-3H3,(H,16,18). The second-order valence-corrected chi connectivity index (χ2v) is 5.58. The number of nitrogens with one attached hydrogen (secondary N) is 1. The summed E-state index contributed by atoms with van der Waals surface area (Å²) in [5.74, 6) is 0.948. The summed E-state index contributed by atoms with van der Waals surface area (Å²) in [6.45, 7) is 5.65. The van der Waals surface area contributed by atoms with E-state index in [1.54, 1.807) is 13.8 Å². The summed E-state index contributed by atoms with van der Waals surface area (Å²) < 4.78 is 11.1. The molecule has 0 atom stereocenters. The Labute approximate surface area is 121 Å². The highest BCUT2D eigenvalue weighted by molar-refractivity contribution is 5.78. The number of nitrogens with zero attached hydrogens (tertiary/aromatic N) is 2. The molecule has 2 heterocycles. The maximum Gasteiger partial charge on any atom is 0.315 e. The van der Waals surface area contributed by atoms with Gasteiger partial charge in [0.05, 0.1) is 6.54 Å². The SMILES string of the molecule is Cc1ccc2oc(CNc3nnc(C(C)(C)O)o3)cc2c1. The van der Waals surface area contributed by atoms with E-state index >= 15 is 0 Å². The van der Waals surface area contributed by atoms with E-state index in [2.05, 4.69) is 21.6 Å². The molecule has 0 aliphatic rings. The summed E-state index contributed by atoms with van der Waals surface area (Å²) in [7, 11) is 0. The Balaban J connectivity index is 1.73. The first-order chi connectivity index (χ1) is 9.91. The van der Waals surface area contributed by atoms with E-state index < -0.39 is 5.60 Å². The van der Waals surface area contributed by atoms with Crippen LogP contribution in [0.4, 0.5) is 6.01 Å². The fourth-order valence-corrected chi connectivity index (χ4v) is 2.01. The molecule has 0 saturated carbocycles. The van der Waals surface area contributed by atoms with E-state index in [-0.39, 0.29) is 11.9 Å². The van der Waals surface area contributed by atoms with Crippen LogP contribution < -0.4 is 5.32 Å². The Bertz CT molecular complexity index is 768. The number of aromatic nitrogens is 2. The molecule has 0 unspecified atom stereocenters. The van der Waals surface area contributed by atoms with Gasteiger partial charge in [-0.3, -0.25) is 0 Å². The van der Waals surface area contributed by atoms with Gasteiger partial charge in [0.2, 0.25) is 5.89 Å². The molecule has 0 spiro atoms. The van der Waals surface area contributed by atoms with E-state index in [9.17, 15) is 5.11 Å². The molecule has 0 amide bonds. The molecule has 2 aromatic heterocycles. The number of hydrogen-bond acceptors (Lipinski definition) is 6. The summed E-state index contributed by atoms with van der Waals surface area (Å²) in [5, 5.41) is 21.4. The molecule has 0 bridgehead atoms. The van der Waals surface area contributed by atoms with Crippen LogP contribution >= 0.6 is 0 Å². The van der Waals surface area contributed by atoms with Crippen LogP contribution in [0.5, 0.6) is 0 Å². The summed E-state index contributed by atoms with van der Waals surface area (Å²) in [6.07, 6.45) is 0. The van der Waals surface area contributed by atoms with Crippen molar-refractivity contribution in [3.05, 3.63) is 41.5 Å². The van der Waals surface area contributed by atoms with Crippen LogP contribution in [0.1, 0.15) is 31.1 Å². The van der Waals surface area contributed by atoms with Crippen LogP contribution in [0.3, 0.4) is 0 Å². The molecule has 6 nitrogen and oxygen atoms in total. The molecule has 0 aliphatic heterocycles. The van der Waals surface area contributed by atoms with E-state index in [0.717, 1.165) is 16.7 Å². The van der Waals surface area contributed by atoms with Crippen molar-refractivity contribution < 1.29 is 13.9 Å². The molecule has 21 heavy (non-hydrogen) atoms. The molecular weight excluding hydrogens is 270 g/mol. The third kappa shape index (κ3) is 2.90. The Morgan fingerprint density at radius 2 is 2.00 bits per heavy atom. The normalized spacial score (nSPS) is 12.0. The summed E-state index contributed by atoms with van der Waals surface area (Å²) in [4.78, 5) is 0. The molecule has 3 rings (SSSR count). The maximum atomic E-state index is 9.77. The molecule has 2 N–H and O–H groups in total. The number of furan rings is 1. The van der Waals surface area contributed by atoms with Crippen LogP contribution in [0.25, 0.3) is 11.0 Å². The van der Waals surface area contributed by atoms with Gasteiger partial charge in [-0.05, 0) is 39.0 Å². The van der Waals surface area contributed by atoms with Gasteiger partial charge in [-0.25, -0.2) is 0 Å². The monoisotopic (exact) mass is 287 g/mol. The minimum Gasteiger partial charge on any atom is -0.459 e. The van der Waals surface area contributed by atoms with E-state index in [4.69, 9.17) is 8.83 Å². The topological polar surface area (TPSA) is 84.3 Å². The first-order valence-corrected chi connectivity index (χ1v) is 6.71. The third-order valence-corrected chi connectivity index (χ3v) is 3.09. The largest absolute Gasteiger partial charge is 0.459 e. The fourth-order valence-electron chi connectivity index (χ4n) is 2.01. The third-order valence-electron chi connectivity index (χ3n) is 3.09. The van der Waals surface area contributed by atoms with Crippen LogP contribution in [0.2, 0.25) is 0 Å². The fraction of sp³-hybridized carbons (Fsp3) is 0.333. The zero-order valence-electron chi connectivity index (χ0n) is 12.2. The Kier molecular flexibility index (Phi) is 3.17. The molecule has 1 aromatic carbocycles. The number of aryl methyl sites for hydroxylation is 1. The minimum absolute atomic E-state index is 0.172. The van der Waals surface area contributed by atoms with Gasteiger partial charge in [-0.1, -0.05) is 16.7 Å². The Morgan fingerprint density at radius 1 is 1.19 bits per heavy atom. The lowest BCUT2D eigenvalue weighted by molar-refractivity contribution is 0.0489. The highest BCUT2D eigenvalue weighted by Crippen LogP contribution is 2.22. The molecule has 110 valence electrons. The highest BCUT2D eigenvalue weighted by atomic mass is 16.4. The average molecular weight is 287 g/mol. The van der Waals surface area contributed by atoms with E-state index in [1.165, 1.54) is 5.56 Å². The van der Waals surface area contributed by atoms with Gasteiger partial charge in [0, 0.05) is 5.39 Å². The summed E-state index contributed by atoms with van der Waals surface area (Å²) in [6, 6.07) is 8.26. The second kappa shape index (κ2) is 4.89. The van der Waals surface area contributed by atoms with Crippen LogP contribution in [-0.4, -0.2) is 15.3 Å². The molecular formula is C15H17N3O3. The summed E-state index contributed by atoms with van der Waals surface area (Å²) >= 11 is 0. The van der Waals surface area contributed by atoms with Crippen molar-refractivity contribution in [1.29, 1.82) is 0 Å². The molecule has 6 heteroatoms. The predicted molar refractivity (Wildman–Crippen MR) is 77.8 cm³/mol. The molecule has 0 radical (unpaired) electrons. The number of anilines is 1. The van der Waals surface area contributed by atoms with Gasteiger partial charge in [-0.15, -0.1) is 5.10 Å². The zero-order valence-corrected chi connectivity index (χ0v) is 12.2. The maximum absolute atomic E-state index is 9.77. The van der Waals surface area contributed by atoms with Crippen molar-refractivity contribution in [3.63, 3.8) is 0 Å². The van der Waals surface area contributed by atoms with Crippen LogP contribution in [-0.2, 0) is 12.1 Å². The van der Waals surface area contributed by atoms with Gasteiger partial charge in [0.25, 0.3) is 0 Å². The van der Waals surface area contributed by atoms with E-state index in [0.29, 0.717) is 6.54 Å². The number of aliphatic hydroxyl groups is 1. The molecule has 0 fully saturated rings. The van der Waals surface area contributed by atoms with Gasteiger partial charge < -0.3 is 19.3 Å². The average Bonchev–Trinajstić information content (AvgIpc) is 3.01. The molecule has 3 aromatic rings. The van der Waals surface area contributed by atoms with Crippen LogP contribution in [0, 0.1) is 6.92 Å². The zero-order chi connectivity index (χ0) is 15.0. The Hall–Kier alpha value is -2.34. The van der Waals surface area contributed by atoms with Gasteiger partial charge in [0.1, 0.15) is 16.9 Å². The van der Waals surface area contributed by atoms with Gasteiger partial charge in [0.15, 0.2) is 0 Å². The number of fused-ring (bicyclic) bond motifs is 1. The molecule has 0 saturated heterocycles. The predicted octanol–water partition coefficient (Wildman–Crippen LogP) is 2.96. The van der Waals surface area contributed by atoms with Crippen molar-refractivity contribution >= 4 is 17.0 Å². The number of rotatable bonds is 4. The first-order valence-electron chi connectivity index (χ1n) is 6.71. The second-order valence-electron chi connectivity index (χ2n) is 5.58. The number of hydrogen-bond donors (Lipinski definition) is 2. The van der Waals surface area contributed by atoms with Crippen molar-refractivity contribution in [2.75, 3.05) is 5.32 Å². The lowest BCUT2D eigenvalue weighted by atomic mass is 10.1. The minimum atomic E-state index is -1.15. The van der Waals surface area contributed by atoms with Crippen molar-refractivity contribution in [2.45, 2.75) is 32.9 Å². The first kappa shape index (κ1) is 13.6. The van der Waals surface area contributed by atoms with Gasteiger partial charge in [-0.2, -0.15) is 0 Å². The lowest BCUT2D eigenvalue weighted by Crippen LogP contribution is -2.15. The van der Waals surface area contributed by atoms with Crippen LogP contribution in [0.15, 0.2) is 33.1 Å². The number of benzene rings is 1.